The number of nitrogens with zero attached hydrogens (tertiary/aromatic N) is 5. The van der Waals surface area contributed by atoms with Crippen LogP contribution in [0.25, 0.3) is 0 Å². The second kappa shape index (κ2) is 13.7. The summed E-state index contributed by atoms with van der Waals surface area (Å²) in [5.41, 5.74) is 8.21. The first-order valence-corrected chi connectivity index (χ1v) is 16.5. The molecule has 0 bridgehead atoms. The number of carbonyl (C=O) groups is 4. The molecule has 218 valence electrons. The Labute approximate surface area is 265 Å². The van der Waals surface area contributed by atoms with Crippen LogP contribution in [0.4, 0.5) is 0 Å². The third-order valence-corrected chi connectivity index (χ3v) is 11.4. The van der Waals surface area contributed by atoms with Crippen LogP contribution in [0.15, 0.2) is 31.9 Å². The molecule has 0 radical (unpaired) electrons. The third-order valence-electron chi connectivity index (χ3n) is 5.95. The van der Waals surface area contributed by atoms with Crippen molar-refractivity contribution in [3.63, 3.8) is 0 Å². The van der Waals surface area contributed by atoms with Gasteiger partial charge in [0.15, 0.2) is 10.4 Å². The number of β-lactam (4-membered cyclic amide) rings is 2. The van der Waals surface area contributed by atoms with E-state index in [2.05, 4.69) is 31.1 Å². The molecule has 2 saturated heterocycles. The average molecular weight is 759 g/mol. The Balaban J connectivity index is 0.000000218. The zero-order valence-corrected chi connectivity index (χ0v) is 28.0. The second-order valence-corrected chi connectivity index (χ2v) is 14.1. The molecule has 4 aliphatic heterocycles. The normalized spacial score (nSPS) is 25.0. The lowest BCUT2D eigenvalue weighted by molar-refractivity contribution is -0.147. The van der Waals surface area contributed by atoms with Gasteiger partial charge < -0.3 is 15.9 Å². The van der Waals surface area contributed by atoms with Crippen LogP contribution in [0.2, 0.25) is 0 Å². The first kappa shape index (κ1) is 33.1. The van der Waals surface area contributed by atoms with E-state index in [0.717, 1.165) is 26.2 Å². The predicted octanol–water partition coefficient (Wildman–Crippen LogP) is 2.58. The summed E-state index contributed by atoms with van der Waals surface area (Å²) in [4.78, 5) is 53.5. The van der Waals surface area contributed by atoms with Crippen molar-refractivity contribution in [2.75, 3.05) is 22.6 Å². The SMILES string of the molecule is Br.CC(C)=N[C@@H]1C(=O)N2C(C(=O)O)=C(CBr)CS[C@@H]12.Cc1nnc(SCC2=C(C(=O)O)N3C(=O)[C@@H](N)[C@@H]3SC2)s1. The van der Waals surface area contributed by atoms with Crippen molar-refractivity contribution in [2.45, 2.75) is 47.9 Å². The van der Waals surface area contributed by atoms with Crippen LogP contribution in [0, 0.1) is 6.92 Å². The molecule has 2 amide bonds. The number of carboxylic acid groups (broad SMARTS) is 2. The summed E-state index contributed by atoms with van der Waals surface area (Å²) in [6.07, 6.45) is 0. The zero-order valence-electron chi connectivity index (χ0n) is 21.4. The van der Waals surface area contributed by atoms with E-state index in [-0.39, 0.29) is 50.9 Å². The fourth-order valence-electron chi connectivity index (χ4n) is 4.21. The monoisotopic (exact) mass is 756 g/mol. The number of aliphatic carboxylic acids is 2. The lowest BCUT2D eigenvalue weighted by Crippen LogP contribution is -2.68. The average Bonchev–Trinajstić information content (AvgIpc) is 3.33. The molecule has 18 heteroatoms. The molecule has 5 rings (SSSR count). The fourth-order valence-corrected chi connectivity index (χ4v) is 9.51. The number of aliphatic imine (C=N–C) groups is 1. The van der Waals surface area contributed by atoms with E-state index in [1.54, 1.807) is 11.8 Å². The van der Waals surface area contributed by atoms with Gasteiger partial charge in [0, 0.05) is 28.3 Å². The molecule has 4 atom stereocenters. The van der Waals surface area contributed by atoms with Crippen molar-refractivity contribution < 1.29 is 29.4 Å². The minimum absolute atomic E-state index is 0. The van der Waals surface area contributed by atoms with Crippen molar-refractivity contribution in [2.24, 2.45) is 10.7 Å². The molecule has 1 aromatic rings. The highest BCUT2D eigenvalue weighted by molar-refractivity contribution is 9.09. The third kappa shape index (κ3) is 6.47. The lowest BCUT2D eigenvalue weighted by atomic mass is 10.0. The van der Waals surface area contributed by atoms with E-state index in [1.165, 1.54) is 44.7 Å². The molecule has 0 unspecified atom stereocenters. The number of fused-ring (bicyclic) bond motifs is 2. The Kier molecular flexibility index (Phi) is 11.3. The van der Waals surface area contributed by atoms with Gasteiger partial charge in [-0.25, -0.2) is 9.59 Å². The van der Waals surface area contributed by atoms with Crippen LogP contribution in [-0.4, -0.2) is 105 Å². The van der Waals surface area contributed by atoms with Crippen LogP contribution in [0.3, 0.4) is 0 Å². The number of rotatable bonds is 7. The number of halogens is 2. The van der Waals surface area contributed by atoms with Crippen molar-refractivity contribution in [3.8, 4) is 0 Å². The van der Waals surface area contributed by atoms with Crippen LogP contribution in [-0.2, 0) is 19.2 Å². The summed E-state index contributed by atoms with van der Waals surface area (Å²) in [5.74, 6) is -0.994. The number of aryl methyl sites for hydroxylation is 1. The Morgan fingerprint density at radius 2 is 1.62 bits per heavy atom. The van der Waals surface area contributed by atoms with E-state index in [9.17, 15) is 29.4 Å². The van der Waals surface area contributed by atoms with Gasteiger partial charge in [-0.3, -0.25) is 24.4 Å². The Morgan fingerprint density at radius 3 is 2.17 bits per heavy atom. The van der Waals surface area contributed by atoms with E-state index >= 15 is 0 Å². The molecule has 5 heterocycles. The van der Waals surface area contributed by atoms with Crippen molar-refractivity contribution in [1.29, 1.82) is 0 Å². The highest BCUT2D eigenvalue weighted by Gasteiger charge is 2.53. The summed E-state index contributed by atoms with van der Waals surface area (Å²) < 4.78 is 0.795. The molecule has 0 saturated carbocycles. The molecule has 0 spiro atoms. The van der Waals surface area contributed by atoms with E-state index in [1.807, 2.05) is 20.8 Å². The van der Waals surface area contributed by atoms with Crippen molar-refractivity contribution in [3.05, 3.63) is 27.5 Å². The maximum Gasteiger partial charge on any atom is 0.352 e. The van der Waals surface area contributed by atoms with E-state index in [4.69, 9.17) is 5.73 Å². The maximum absolute atomic E-state index is 12.0. The maximum atomic E-state index is 12.0. The van der Waals surface area contributed by atoms with Gasteiger partial charge in [-0.1, -0.05) is 39.0 Å². The highest BCUT2D eigenvalue weighted by Crippen LogP contribution is 2.42. The molecule has 40 heavy (non-hydrogen) atoms. The summed E-state index contributed by atoms with van der Waals surface area (Å²) in [7, 11) is 0. The van der Waals surface area contributed by atoms with Crippen LogP contribution in [0.1, 0.15) is 18.9 Å². The molecular formula is C22H26Br2N6O6S4. The van der Waals surface area contributed by atoms with Crippen LogP contribution in [0.5, 0.6) is 0 Å². The number of carboxylic acids is 2. The van der Waals surface area contributed by atoms with Gasteiger partial charge in [-0.15, -0.1) is 50.7 Å². The summed E-state index contributed by atoms with van der Waals surface area (Å²) in [6.45, 7) is 5.54. The minimum Gasteiger partial charge on any atom is -0.477 e. The highest BCUT2D eigenvalue weighted by atomic mass is 79.9. The topological polar surface area (TPSA) is 179 Å². The molecule has 2 fully saturated rings. The number of nitrogens with two attached hydrogens (primary N) is 1. The summed E-state index contributed by atoms with van der Waals surface area (Å²) in [5, 5.41) is 27.5. The number of carbonyl (C=O) groups excluding carboxylic acids is 2. The van der Waals surface area contributed by atoms with Crippen LogP contribution < -0.4 is 5.73 Å². The van der Waals surface area contributed by atoms with Gasteiger partial charge in [0.25, 0.3) is 5.91 Å². The van der Waals surface area contributed by atoms with Gasteiger partial charge in [-0.05, 0) is 31.9 Å². The molecule has 4 aliphatic rings. The van der Waals surface area contributed by atoms with Crippen molar-refractivity contribution in [1.82, 2.24) is 20.0 Å². The molecule has 12 nitrogen and oxygen atoms in total. The first-order chi connectivity index (χ1) is 18.5. The number of hydrogen-bond acceptors (Lipinski definition) is 12. The Morgan fingerprint density at radius 1 is 1.05 bits per heavy atom. The van der Waals surface area contributed by atoms with Gasteiger partial charge in [-0.2, -0.15) is 0 Å². The number of aromatic nitrogens is 2. The lowest BCUT2D eigenvalue weighted by Gasteiger charge is -2.48. The molecule has 0 aliphatic carbocycles. The Bertz CT molecular complexity index is 1320. The smallest absolute Gasteiger partial charge is 0.352 e. The van der Waals surface area contributed by atoms with Gasteiger partial charge >= 0.3 is 11.9 Å². The first-order valence-electron chi connectivity index (χ1n) is 11.5. The van der Waals surface area contributed by atoms with Gasteiger partial charge in [0.2, 0.25) is 5.91 Å². The molecule has 4 N–H and O–H groups in total. The second-order valence-electron chi connectivity index (χ2n) is 8.89. The number of hydrogen-bond donors (Lipinski definition) is 3. The summed E-state index contributed by atoms with van der Waals surface area (Å²) in [6, 6.07) is -1.02. The number of amides is 2. The molecular weight excluding hydrogens is 732 g/mol. The Hall–Kier alpha value is -1.44. The van der Waals surface area contributed by atoms with Gasteiger partial charge in [0.05, 0.1) is 0 Å². The zero-order chi connectivity index (χ0) is 28.6. The van der Waals surface area contributed by atoms with E-state index in [0.29, 0.717) is 22.6 Å². The van der Waals surface area contributed by atoms with Crippen molar-refractivity contribution >= 4 is 109 Å². The standard InChI is InChI=1S/C11H13BrN2O3S.C11H12N4O3S3.BrH/c1-5(2)13-7-9(15)14-8(11(16)17)6(3-12)4-18-10(7)14;1-4-13-14-11(21-4)20-3-5-2-19-9-6(12)8(16)15(9)7(5)10(17)18;/h7,10H,3-4H2,1-2H3,(H,16,17);6,9H,2-3,12H2,1H3,(H,17,18);1H/t7-,10+;6-,9+;/m11./s1. The molecule has 0 aromatic carbocycles. The number of thioether (sulfide) groups is 3. The largest absolute Gasteiger partial charge is 0.477 e. The fraction of sp³-hybridized carbons (Fsp3) is 0.500. The number of alkyl halides is 1. The molecule has 1 aromatic heterocycles. The quantitative estimate of drug-likeness (QED) is 0.161. The van der Waals surface area contributed by atoms with E-state index < -0.39 is 24.0 Å². The predicted molar refractivity (Wildman–Crippen MR) is 166 cm³/mol. The van der Waals surface area contributed by atoms with Gasteiger partial charge in [0.1, 0.15) is 33.2 Å². The minimum atomic E-state index is -1.08. The summed E-state index contributed by atoms with van der Waals surface area (Å²) >= 11 is 9.25. The van der Waals surface area contributed by atoms with Crippen LogP contribution >= 0.6 is 79.5 Å².